The molecular weight excluding hydrogens is 234 g/mol. The molecule has 0 spiro atoms. The van der Waals surface area contributed by atoms with Gasteiger partial charge in [0.25, 0.3) is 0 Å². The Morgan fingerprint density at radius 3 is 2.94 bits per heavy atom. The maximum absolute atomic E-state index is 10.8. The van der Waals surface area contributed by atoms with Gasteiger partial charge in [0.2, 0.25) is 5.65 Å². The molecular formula is C11H13N5O2. The van der Waals surface area contributed by atoms with Gasteiger partial charge in [0.15, 0.2) is 5.82 Å². The van der Waals surface area contributed by atoms with Gasteiger partial charge in [0, 0.05) is 19.7 Å². The van der Waals surface area contributed by atoms with E-state index in [9.17, 15) is 10.1 Å². The first-order valence-corrected chi connectivity index (χ1v) is 5.33. The van der Waals surface area contributed by atoms with E-state index in [2.05, 4.69) is 16.7 Å². The fourth-order valence-corrected chi connectivity index (χ4v) is 1.67. The molecule has 0 aromatic carbocycles. The van der Waals surface area contributed by atoms with Crippen LogP contribution in [0, 0.1) is 10.1 Å². The molecule has 0 amide bonds. The number of anilines is 1. The van der Waals surface area contributed by atoms with Gasteiger partial charge in [-0.15, -0.1) is 0 Å². The van der Waals surface area contributed by atoms with Crippen molar-refractivity contribution >= 4 is 17.3 Å². The highest BCUT2D eigenvalue weighted by Crippen LogP contribution is 2.16. The zero-order valence-corrected chi connectivity index (χ0v) is 10.2. The van der Waals surface area contributed by atoms with Crippen molar-refractivity contribution in [3.63, 3.8) is 0 Å². The summed E-state index contributed by atoms with van der Waals surface area (Å²) in [6.07, 6.45) is 1.20. The first-order chi connectivity index (χ1) is 8.49. The average Bonchev–Trinajstić information content (AvgIpc) is 2.70. The van der Waals surface area contributed by atoms with Gasteiger partial charge in [-0.1, -0.05) is 21.8 Å². The number of nitrogens with zero attached hydrogens (tertiary/aromatic N) is 5. The number of nitro groups is 1. The van der Waals surface area contributed by atoms with Gasteiger partial charge >= 0.3 is 5.82 Å². The maximum atomic E-state index is 10.8. The summed E-state index contributed by atoms with van der Waals surface area (Å²) in [5, 5.41) is 15.0. The maximum Gasteiger partial charge on any atom is 0.368 e. The van der Waals surface area contributed by atoms with Crippen molar-refractivity contribution in [3.05, 3.63) is 40.6 Å². The van der Waals surface area contributed by atoms with Crippen LogP contribution in [0.4, 0.5) is 11.6 Å². The molecule has 2 heterocycles. The summed E-state index contributed by atoms with van der Waals surface area (Å²) in [4.78, 5) is 16.1. The topological polar surface area (TPSA) is 76.6 Å². The average molecular weight is 247 g/mol. The molecule has 0 aliphatic rings. The number of imidazole rings is 1. The zero-order chi connectivity index (χ0) is 13.3. The van der Waals surface area contributed by atoms with Crippen LogP contribution >= 0.6 is 0 Å². The lowest BCUT2D eigenvalue weighted by atomic mass is 10.3. The Kier molecular flexibility index (Phi) is 2.97. The van der Waals surface area contributed by atoms with Gasteiger partial charge in [0.05, 0.1) is 0 Å². The second-order valence-electron chi connectivity index (χ2n) is 4.15. The van der Waals surface area contributed by atoms with Crippen LogP contribution in [0.1, 0.15) is 6.92 Å². The molecule has 0 saturated carbocycles. The van der Waals surface area contributed by atoms with E-state index in [1.165, 1.54) is 10.7 Å². The van der Waals surface area contributed by atoms with E-state index in [0.717, 1.165) is 5.57 Å². The monoisotopic (exact) mass is 247 g/mol. The molecule has 0 atom stereocenters. The number of rotatable bonds is 4. The molecule has 0 radical (unpaired) electrons. The van der Waals surface area contributed by atoms with E-state index >= 15 is 0 Å². The van der Waals surface area contributed by atoms with Crippen LogP contribution in [0.3, 0.4) is 0 Å². The predicted molar refractivity (Wildman–Crippen MR) is 67.7 cm³/mol. The normalized spacial score (nSPS) is 10.6. The molecule has 7 nitrogen and oxygen atoms in total. The fraction of sp³-hybridized carbons (Fsp3) is 0.273. The SMILES string of the molecule is C=C(C)CN(C)c1ccc2ncc([N+](=O)[O-])n2n1. The summed E-state index contributed by atoms with van der Waals surface area (Å²) < 4.78 is 1.23. The molecule has 2 aromatic rings. The number of aromatic nitrogens is 3. The Labute approximate surface area is 104 Å². The zero-order valence-electron chi connectivity index (χ0n) is 10.2. The number of hydrogen-bond acceptors (Lipinski definition) is 5. The summed E-state index contributed by atoms with van der Waals surface area (Å²) in [6, 6.07) is 3.47. The summed E-state index contributed by atoms with van der Waals surface area (Å²) >= 11 is 0. The highest BCUT2D eigenvalue weighted by molar-refractivity contribution is 5.49. The largest absolute Gasteiger partial charge is 0.368 e. The quantitative estimate of drug-likeness (QED) is 0.466. The summed E-state index contributed by atoms with van der Waals surface area (Å²) in [5.41, 5.74) is 1.44. The van der Waals surface area contributed by atoms with Gasteiger partial charge < -0.3 is 15.0 Å². The van der Waals surface area contributed by atoms with E-state index in [1.54, 1.807) is 12.1 Å². The molecule has 0 fully saturated rings. The first-order valence-electron chi connectivity index (χ1n) is 5.33. The minimum atomic E-state index is -0.504. The smallest absolute Gasteiger partial charge is 0.358 e. The van der Waals surface area contributed by atoms with Crippen molar-refractivity contribution < 1.29 is 4.92 Å². The van der Waals surface area contributed by atoms with Crippen LogP contribution in [0.15, 0.2) is 30.5 Å². The highest BCUT2D eigenvalue weighted by atomic mass is 16.6. The standard InChI is InChI=1S/C11H13N5O2/c1-8(2)7-14(3)10-5-4-9-12-6-11(16(17)18)15(9)13-10/h4-6H,1,7H2,2-3H3. The van der Waals surface area contributed by atoms with Gasteiger partial charge in [-0.25, -0.2) is 4.98 Å². The Morgan fingerprint density at radius 1 is 1.61 bits per heavy atom. The van der Waals surface area contributed by atoms with Crippen LogP contribution in [0.25, 0.3) is 5.65 Å². The van der Waals surface area contributed by atoms with Crippen LogP contribution in [0.5, 0.6) is 0 Å². The van der Waals surface area contributed by atoms with Crippen LogP contribution in [-0.2, 0) is 0 Å². The van der Waals surface area contributed by atoms with Gasteiger partial charge in [-0.05, 0) is 17.9 Å². The lowest BCUT2D eigenvalue weighted by molar-refractivity contribution is -0.391. The second kappa shape index (κ2) is 4.44. The third-order valence-electron chi connectivity index (χ3n) is 2.42. The molecule has 2 aromatic heterocycles. The van der Waals surface area contributed by atoms with E-state index in [4.69, 9.17) is 0 Å². The Balaban J connectivity index is 2.45. The Hall–Kier alpha value is -2.44. The van der Waals surface area contributed by atoms with Gasteiger partial charge in [-0.3, -0.25) is 0 Å². The summed E-state index contributed by atoms with van der Waals surface area (Å²) in [5.74, 6) is 0.488. The molecule has 18 heavy (non-hydrogen) atoms. The molecule has 0 aliphatic heterocycles. The molecule has 0 unspecified atom stereocenters. The fourth-order valence-electron chi connectivity index (χ4n) is 1.67. The van der Waals surface area contributed by atoms with E-state index in [1.807, 2.05) is 18.9 Å². The predicted octanol–water partition coefficient (Wildman–Crippen LogP) is 1.65. The molecule has 2 rings (SSSR count). The molecule has 94 valence electrons. The second-order valence-corrected chi connectivity index (χ2v) is 4.15. The van der Waals surface area contributed by atoms with E-state index in [0.29, 0.717) is 18.0 Å². The number of hydrogen-bond donors (Lipinski definition) is 0. The van der Waals surface area contributed by atoms with Crippen molar-refractivity contribution in [3.8, 4) is 0 Å². The van der Waals surface area contributed by atoms with Crippen molar-refractivity contribution in [2.45, 2.75) is 6.92 Å². The van der Waals surface area contributed by atoms with E-state index < -0.39 is 4.92 Å². The molecule has 0 aliphatic carbocycles. The highest BCUT2D eigenvalue weighted by Gasteiger charge is 2.17. The van der Waals surface area contributed by atoms with E-state index in [-0.39, 0.29) is 5.82 Å². The molecule has 0 bridgehead atoms. The van der Waals surface area contributed by atoms with Crippen LogP contribution < -0.4 is 4.90 Å². The van der Waals surface area contributed by atoms with Crippen molar-refractivity contribution in [1.82, 2.24) is 14.6 Å². The van der Waals surface area contributed by atoms with Crippen molar-refractivity contribution in [2.75, 3.05) is 18.5 Å². The lowest BCUT2D eigenvalue weighted by Gasteiger charge is -2.16. The lowest BCUT2D eigenvalue weighted by Crippen LogP contribution is -2.21. The molecule has 0 N–H and O–H groups in total. The Morgan fingerprint density at radius 2 is 2.33 bits per heavy atom. The first kappa shape index (κ1) is 12.0. The summed E-state index contributed by atoms with van der Waals surface area (Å²) in [7, 11) is 1.85. The third kappa shape index (κ3) is 2.15. The van der Waals surface area contributed by atoms with Crippen molar-refractivity contribution in [2.24, 2.45) is 0 Å². The molecule has 7 heteroatoms. The third-order valence-corrected chi connectivity index (χ3v) is 2.42. The van der Waals surface area contributed by atoms with Gasteiger partial charge in [-0.2, -0.15) is 0 Å². The van der Waals surface area contributed by atoms with Gasteiger partial charge in [0.1, 0.15) is 6.20 Å². The van der Waals surface area contributed by atoms with Crippen LogP contribution in [-0.4, -0.2) is 33.1 Å². The summed E-state index contributed by atoms with van der Waals surface area (Å²) in [6.45, 7) is 6.37. The Bertz CT molecular complexity index is 619. The number of fused-ring (bicyclic) bond motifs is 1. The minimum Gasteiger partial charge on any atom is -0.358 e. The van der Waals surface area contributed by atoms with Crippen molar-refractivity contribution in [1.29, 1.82) is 0 Å². The minimum absolute atomic E-state index is 0.143. The molecule has 0 saturated heterocycles. The number of likely N-dealkylation sites (N-methyl/N-ethyl adjacent to an activating group) is 1. The van der Waals surface area contributed by atoms with Crippen LogP contribution in [0.2, 0.25) is 0 Å².